The van der Waals surface area contributed by atoms with Crippen LogP contribution in [0.2, 0.25) is 0 Å². The van der Waals surface area contributed by atoms with E-state index in [1.165, 1.54) is 6.07 Å². The molecule has 0 aliphatic carbocycles. The van der Waals surface area contributed by atoms with E-state index in [0.717, 1.165) is 0 Å². The quantitative estimate of drug-likeness (QED) is 0.403. The molecule has 0 saturated heterocycles. The van der Waals surface area contributed by atoms with Crippen LogP contribution in [0.4, 0.5) is 0 Å². The first-order valence-corrected chi connectivity index (χ1v) is 5.35. The summed E-state index contributed by atoms with van der Waals surface area (Å²) in [5.74, 6) is -0.198. The van der Waals surface area contributed by atoms with E-state index in [1.54, 1.807) is 30.3 Å². The summed E-state index contributed by atoms with van der Waals surface area (Å²) in [5, 5.41) is 11.4. The monoisotopic (exact) mass is 240 g/mol. The molecule has 0 amide bonds. The lowest BCUT2D eigenvalue weighted by Gasteiger charge is -2.05. The third kappa shape index (κ3) is 1.32. The van der Waals surface area contributed by atoms with Crippen molar-refractivity contribution in [2.24, 2.45) is 0 Å². The van der Waals surface area contributed by atoms with E-state index in [-0.39, 0.29) is 16.9 Å². The molecule has 0 spiro atoms. The van der Waals surface area contributed by atoms with Crippen molar-refractivity contribution < 1.29 is 14.3 Å². The van der Waals surface area contributed by atoms with E-state index in [0.29, 0.717) is 22.4 Å². The Hall–Kier alpha value is -2.62. The van der Waals surface area contributed by atoms with Gasteiger partial charge in [0.2, 0.25) is 0 Å². The zero-order chi connectivity index (χ0) is 12.7. The molecule has 4 heteroatoms. The SMILES string of the molecule is O=Cc1c(O)ccc2c1oc(=O)c1ccccc12. The number of hydrogen-bond donors (Lipinski definition) is 1. The highest BCUT2D eigenvalue weighted by Gasteiger charge is 2.13. The molecule has 2 aromatic carbocycles. The topological polar surface area (TPSA) is 67.5 Å². The van der Waals surface area contributed by atoms with Crippen molar-refractivity contribution in [1.29, 1.82) is 0 Å². The first-order chi connectivity index (χ1) is 8.72. The van der Waals surface area contributed by atoms with Crippen molar-refractivity contribution >= 4 is 28.0 Å². The average Bonchev–Trinajstić information content (AvgIpc) is 2.39. The number of carbonyl (C=O) groups is 1. The summed E-state index contributed by atoms with van der Waals surface area (Å²) in [6.07, 6.45) is 0.482. The van der Waals surface area contributed by atoms with E-state index < -0.39 is 5.63 Å². The average molecular weight is 240 g/mol. The lowest BCUT2D eigenvalue weighted by molar-refractivity contribution is 0.112. The predicted molar refractivity (Wildman–Crippen MR) is 67.0 cm³/mol. The predicted octanol–water partition coefficient (Wildman–Crippen LogP) is 2.46. The number of rotatable bonds is 1. The fourth-order valence-electron chi connectivity index (χ4n) is 2.07. The van der Waals surface area contributed by atoms with Crippen molar-refractivity contribution in [3.05, 3.63) is 52.4 Å². The Morgan fingerprint density at radius 2 is 1.72 bits per heavy atom. The smallest absolute Gasteiger partial charge is 0.344 e. The Bertz CT molecular complexity index is 830. The van der Waals surface area contributed by atoms with Crippen molar-refractivity contribution in [2.45, 2.75) is 0 Å². The van der Waals surface area contributed by atoms with Crippen molar-refractivity contribution in [3.8, 4) is 5.75 Å². The van der Waals surface area contributed by atoms with E-state index in [4.69, 9.17) is 4.42 Å². The molecule has 88 valence electrons. The number of fused-ring (bicyclic) bond motifs is 3. The van der Waals surface area contributed by atoms with Gasteiger partial charge in [-0.3, -0.25) is 4.79 Å². The van der Waals surface area contributed by atoms with E-state index >= 15 is 0 Å². The van der Waals surface area contributed by atoms with Gasteiger partial charge in [-0.05, 0) is 23.6 Å². The normalized spacial score (nSPS) is 10.9. The first kappa shape index (κ1) is 10.5. The number of carbonyl (C=O) groups excluding carboxylic acids is 1. The largest absolute Gasteiger partial charge is 0.507 e. The van der Waals surface area contributed by atoms with Gasteiger partial charge in [0, 0.05) is 5.39 Å². The summed E-state index contributed by atoms with van der Waals surface area (Å²) < 4.78 is 5.13. The Morgan fingerprint density at radius 3 is 2.44 bits per heavy atom. The highest BCUT2D eigenvalue weighted by Crippen LogP contribution is 2.29. The van der Waals surface area contributed by atoms with E-state index in [1.807, 2.05) is 0 Å². The molecule has 0 aliphatic rings. The molecular formula is C14H8O4. The highest BCUT2D eigenvalue weighted by atomic mass is 16.4. The van der Waals surface area contributed by atoms with E-state index in [2.05, 4.69) is 0 Å². The Labute approximate surface area is 101 Å². The number of phenols is 1. The van der Waals surface area contributed by atoms with Gasteiger partial charge in [-0.2, -0.15) is 0 Å². The molecule has 0 aliphatic heterocycles. The van der Waals surface area contributed by atoms with Gasteiger partial charge in [0.25, 0.3) is 0 Å². The van der Waals surface area contributed by atoms with Crippen LogP contribution in [-0.2, 0) is 0 Å². The van der Waals surface area contributed by atoms with Crippen molar-refractivity contribution in [3.63, 3.8) is 0 Å². The zero-order valence-corrected chi connectivity index (χ0v) is 9.21. The fourth-order valence-corrected chi connectivity index (χ4v) is 2.07. The second kappa shape index (κ2) is 3.70. The molecule has 3 aromatic rings. The van der Waals surface area contributed by atoms with Gasteiger partial charge in [-0.1, -0.05) is 18.2 Å². The van der Waals surface area contributed by atoms with Crippen LogP contribution in [-0.4, -0.2) is 11.4 Å². The number of phenolic OH excluding ortho intramolecular Hbond substituents is 1. The molecule has 0 unspecified atom stereocenters. The van der Waals surface area contributed by atoms with Gasteiger partial charge in [0.05, 0.1) is 10.9 Å². The van der Waals surface area contributed by atoms with Crippen LogP contribution in [0.25, 0.3) is 21.7 Å². The number of hydrogen-bond acceptors (Lipinski definition) is 4. The maximum absolute atomic E-state index is 11.8. The van der Waals surface area contributed by atoms with Crippen LogP contribution in [0.3, 0.4) is 0 Å². The minimum absolute atomic E-state index is 0.00430. The second-order valence-electron chi connectivity index (χ2n) is 3.93. The number of aldehydes is 1. The van der Waals surface area contributed by atoms with Crippen LogP contribution in [0.1, 0.15) is 10.4 Å². The summed E-state index contributed by atoms with van der Waals surface area (Å²) in [6, 6.07) is 10.0. The maximum atomic E-state index is 11.8. The summed E-state index contributed by atoms with van der Waals surface area (Å²) >= 11 is 0. The molecule has 0 saturated carbocycles. The third-order valence-corrected chi connectivity index (χ3v) is 2.92. The van der Waals surface area contributed by atoms with Gasteiger partial charge in [0.1, 0.15) is 5.75 Å². The second-order valence-corrected chi connectivity index (χ2v) is 3.93. The third-order valence-electron chi connectivity index (χ3n) is 2.92. The first-order valence-electron chi connectivity index (χ1n) is 5.35. The molecule has 0 radical (unpaired) electrons. The van der Waals surface area contributed by atoms with Crippen molar-refractivity contribution in [1.82, 2.24) is 0 Å². The lowest BCUT2D eigenvalue weighted by Crippen LogP contribution is -2.01. The molecule has 1 heterocycles. The molecular weight excluding hydrogens is 232 g/mol. The maximum Gasteiger partial charge on any atom is 0.344 e. The summed E-state index contributed by atoms with van der Waals surface area (Å²) in [6.45, 7) is 0. The Balaban J connectivity index is 2.66. The van der Waals surface area contributed by atoms with Gasteiger partial charge in [0.15, 0.2) is 11.9 Å². The standard InChI is InChI=1S/C14H8O4/c15-7-11-12(16)6-5-9-8-3-1-2-4-10(8)14(17)18-13(9)11/h1-7,16H. The summed E-state index contributed by atoms with van der Waals surface area (Å²) in [5.41, 5.74) is -0.407. The van der Waals surface area contributed by atoms with Gasteiger partial charge in [-0.15, -0.1) is 0 Å². The Morgan fingerprint density at radius 1 is 1.00 bits per heavy atom. The number of aromatic hydroxyl groups is 1. The fraction of sp³-hybridized carbons (Fsp3) is 0. The summed E-state index contributed by atoms with van der Waals surface area (Å²) in [4.78, 5) is 22.8. The van der Waals surface area contributed by atoms with Crippen LogP contribution in [0.15, 0.2) is 45.6 Å². The van der Waals surface area contributed by atoms with Crippen LogP contribution in [0.5, 0.6) is 5.75 Å². The van der Waals surface area contributed by atoms with Crippen LogP contribution >= 0.6 is 0 Å². The highest BCUT2D eigenvalue weighted by molar-refractivity contribution is 6.09. The molecule has 0 bridgehead atoms. The molecule has 4 nitrogen and oxygen atoms in total. The van der Waals surface area contributed by atoms with Gasteiger partial charge >= 0.3 is 5.63 Å². The number of benzene rings is 2. The van der Waals surface area contributed by atoms with E-state index in [9.17, 15) is 14.7 Å². The van der Waals surface area contributed by atoms with Gasteiger partial charge < -0.3 is 9.52 Å². The van der Waals surface area contributed by atoms with Crippen LogP contribution in [0, 0.1) is 0 Å². The minimum Gasteiger partial charge on any atom is -0.507 e. The minimum atomic E-state index is -0.521. The summed E-state index contributed by atoms with van der Waals surface area (Å²) in [7, 11) is 0. The molecule has 0 fully saturated rings. The molecule has 1 N–H and O–H groups in total. The zero-order valence-electron chi connectivity index (χ0n) is 9.21. The lowest BCUT2D eigenvalue weighted by atomic mass is 10.0. The molecule has 0 atom stereocenters. The molecule has 1 aromatic heterocycles. The van der Waals surface area contributed by atoms with Gasteiger partial charge in [-0.25, -0.2) is 4.79 Å². The van der Waals surface area contributed by atoms with Crippen LogP contribution < -0.4 is 5.63 Å². The van der Waals surface area contributed by atoms with Crippen molar-refractivity contribution in [2.75, 3.05) is 0 Å². The molecule has 3 rings (SSSR count). The molecule has 18 heavy (non-hydrogen) atoms. The Kier molecular flexibility index (Phi) is 2.16.